The quantitative estimate of drug-likeness (QED) is 0.157. The SMILES string of the molecule is N#Cc1ccccc1-c1ccc2c(c1)c1ccccc1n2-c1cc(-c2nc(-c3ccccc3)nc(-c3ccccc3)n2)ccc1-c1cc(C(F)(F)F)cc(C(F)(F)F)c1. The second-order valence-corrected chi connectivity index (χ2v) is 13.8. The summed E-state index contributed by atoms with van der Waals surface area (Å²) in [5.74, 6) is 0.978. The predicted molar refractivity (Wildman–Crippen MR) is 216 cm³/mol. The Labute approximate surface area is 333 Å². The molecule has 2 aromatic heterocycles. The highest BCUT2D eigenvalue weighted by molar-refractivity contribution is 6.11. The van der Waals surface area contributed by atoms with E-state index in [9.17, 15) is 31.6 Å². The van der Waals surface area contributed by atoms with E-state index in [1.807, 2.05) is 120 Å². The minimum Gasteiger partial charge on any atom is -0.309 e. The van der Waals surface area contributed by atoms with E-state index < -0.39 is 23.5 Å². The molecule has 0 saturated carbocycles. The number of nitrogens with zero attached hydrogens (tertiary/aromatic N) is 5. The minimum absolute atomic E-state index is 0.104. The van der Waals surface area contributed by atoms with E-state index in [1.165, 1.54) is 6.07 Å². The highest BCUT2D eigenvalue weighted by Gasteiger charge is 2.37. The zero-order valence-corrected chi connectivity index (χ0v) is 30.6. The molecule has 0 aliphatic rings. The number of halogens is 6. The van der Waals surface area contributed by atoms with Crippen molar-refractivity contribution in [2.75, 3.05) is 0 Å². The third kappa shape index (κ3) is 6.95. The zero-order valence-electron chi connectivity index (χ0n) is 30.6. The Hall–Kier alpha value is -7.58. The van der Waals surface area contributed by atoms with Crippen molar-refractivity contribution in [1.82, 2.24) is 19.5 Å². The van der Waals surface area contributed by atoms with Gasteiger partial charge in [0.15, 0.2) is 17.5 Å². The summed E-state index contributed by atoms with van der Waals surface area (Å²) in [6.45, 7) is 0. The second kappa shape index (κ2) is 14.4. The van der Waals surface area contributed by atoms with E-state index in [2.05, 4.69) is 6.07 Å². The smallest absolute Gasteiger partial charge is 0.309 e. The fraction of sp³-hybridized carbons (Fsp3) is 0.0417. The first kappa shape index (κ1) is 37.0. The van der Waals surface area contributed by atoms with Gasteiger partial charge in [0.25, 0.3) is 0 Å². The van der Waals surface area contributed by atoms with Crippen LogP contribution < -0.4 is 0 Å². The van der Waals surface area contributed by atoms with E-state index in [0.29, 0.717) is 50.5 Å². The number of fused-ring (bicyclic) bond motifs is 3. The van der Waals surface area contributed by atoms with Crippen molar-refractivity contribution in [1.29, 1.82) is 5.26 Å². The van der Waals surface area contributed by atoms with Crippen molar-refractivity contribution in [2.24, 2.45) is 0 Å². The Morgan fingerprint density at radius 1 is 0.424 bits per heavy atom. The Morgan fingerprint density at radius 3 is 1.56 bits per heavy atom. The van der Waals surface area contributed by atoms with Crippen LogP contribution in [0.2, 0.25) is 0 Å². The van der Waals surface area contributed by atoms with E-state index in [1.54, 1.807) is 24.3 Å². The molecule has 7 aromatic carbocycles. The third-order valence-corrected chi connectivity index (χ3v) is 10.1. The van der Waals surface area contributed by atoms with Gasteiger partial charge < -0.3 is 4.57 Å². The van der Waals surface area contributed by atoms with Gasteiger partial charge in [-0.25, -0.2) is 15.0 Å². The molecule has 0 amide bonds. The van der Waals surface area contributed by atoms with Crippen molar-refractivity contribution in [3.63, 3.8) is 0 Å². The highest BCUT2D eigenvalue weighted by atomic mass is 19.4. The molecule has 0 bridgehead atoms. The number of hydrogen-bond acceptors (Lipinski definition) is 4. The van der Waals surface area contributed by atoms with Crippen LogP contribution in [0.25, 0.3) is 83.9 Å². The molecule has 9 aromatic rings. The van der Waals surface area contributed by atoms with Crippen LogP contribution in [-0.4, -0.2) is 19.5 Å². The van der Waals surface area contributed by atoms with Gasteiger partial charge in [-0.1, -0.05) is 115 Å². The lowest BCUT2D eigenvalue weighted by atomic mass is 9.96. The molecule has 11 heteroatoms. The molecule has 286 valence electrons. The Kier molecular flexibility index (Phi) is 9.05. The first-order valence-corrected chi connectivity index (χ1v) is 18.3. The third-order valence-electron chi connectivity index (χ3n) is 10.1. The highest BCUT2D eigenvalue weighted by Crippen LogP contribution is 2.43. The van der Waals surface area contributed by atoms with Crippen LogP contribution in [0.15, 0.2) is 164 Å². The zero-order chi connectivity index (χ0) is 40.9. The molecule has 0 radical (unpaired) electrons. The lowest BCUT2D eigenvalue weighted by Crippen LogP contribution is -2.11. The standard InChI is InChI=1S/C48H27F6N5/c49-47(50,51)35-23-34(24-36(27-35)48(52,53)54)38-21-19-32(46-57-44(29-11-3-1-4-12-29)56-45(58-46)30-13-5-2-6-14-30)26-43(38)59-41-18-10-9-17-39(41)40-25-31(20-22-42(40)59)37-16-8-7-15-33(37)28-55/h1-27H. The summed E-state index contributed by atoms with van der Waals surface area (Å²) in [6, 6.07) is 47.4. The molecule has 0 spiro atoms. The Balaban J connectivity index is 1.35. The number of nitriles is 1. The average molecular weight is 788 g/mol. The predicted octanol–water partition coefficient (Wildman–Crippen LogP) is 13.2. The minimum atomic E-state index is -5.06. The molecule has 0 fully saturated rings. The van der Waals surface area contributed by atoms with Gasteiger partial charge in [0.05, 0.1) is 39.5 Å². The van der Waals surface area contributed by atoms with Crippen LogP contribution in [0.1, 0.15) is 16.7 Å². The van der Waals surface area contributed by atoms with Crippen LogP contribution in [0.3, 0.4) is 0 Å². The van der Waals surface area contributed by atoms with Crippen molar-refractivity contribution in [3.05, 3.63) is 180 Å². The summed E-state index contributed by atoms with van der Waals surface area (Å²) in [7, 11) is 0. The Bertz CT molecular complexity index is 3000. The normalized spacial score (nSPS) is 11.9. The summed E-state index contributed by atoms with van der Waals surface area (Å²) in [5, 5.41) is 11.4. The van der Waals surface area contributed by atoms with Crippen molar-refractivity contribution in [2.45, 2.75) is 12.4 Å². The summed E-state index contributed by atoms with van der Waals surface area (Å²) in [4.78, 5) is 14.5. The van der Waals surface area contributed by atoms with Gasteiger partial charge in [0.2, 0.25) is 0 Å². The largest absolute Gasteiger partial charge is 0.416 e. The fourth-order valence-electron chi connectivity index (χ4n) is 7.38. The van der Waals surface area contributed by atoms with E-state index in [-0.39, 0.29) is 28.7 Å². The van der Waals surface area contributed by atoms with E-state index in [0.717, 1.165) is 28.5 Å². The van der Waals surface area contributed by atoms with Crippen LogP contribution in [-0.2, 0) is 12.4 Å². The van der Waals surface area contributed by atoms with Crippen LogP contribution >= 0.6 is 0 Å². The number of aromatic nitrogens is 4. The molecule has 0 atom stereocenters. The Morgan fingerprint density at radius 2 is 0.949 bits per heavy atom. The fourth-order valence-corrected chi connectivity index (χ4v) is 7.38. The van der Waals surface area contributed by atoms with Crippen molar-refractivity contribution >= 4 is 21.8 Å². The van der Waals surface area contributed by atoms with E-state index >= 15 is 0 Å². The number of para-hydroxylation sites is 1. The molecule has 2 heterocycles. The van der Waals surface area contributed by atoms with Crippen LogP contribution in [0, 0.1) is 11.3 Å². The number of benzene rings is 7. The molecular formula is C48H27F6N5. The van der Waals surface area contributed by atoms with Crippen LogP contribution in [0.5, 0.6) is 0 Å². The first-order chi connectivity index (χ1) is 28.5. The summed E-state index contributed by atoms with van der Waals surface area (Å²) in [6.07, 6.45) is -10.1. The van der Waals surface area contributed by atoms with Crippen LogP contribution in [0.4, 0.5) is 26.3 Å². The molecule has 59 heavy (non-hydrogen) atoms. The average Bonchev–Trinajstić information content (AvgIpc) is 3.59. The summed E-state index contributed by atoms with van der Waals surface area (Å²) < 4.78 is 87.6. The maximum absolute atomic E-state index is 14.3. The van der Waals surface area contributed by atoms with Crippen molar-refractivity contribution in [3.8, 4) is 68.2 Å². The van der Waals surface area contributed by atoms with Gasteiger partial charge in [-0.15, -0.1) is 0 Å². The summed E-state index contributed by atoms with van der Waals surface area (Å²) in [5.41, 5.74) is 2.30. The molecule has 0 saturated heterocycles. The molecule has 9 rings (SSSR count). The molecular weight excluding hydrogens is 761 g/mol. The van der Waals surface area contributed by atoms with Gasteiger partial charge in [-0.2, -0.15) is 31.6 Å². The van der Waals surface area contributed by atoms with Gasteiger partial charge in [0, 0.05) is 33.0 Å². The summed E-state index contributed by atoms with van der Waals surface area (Å²) >= 11 is 0. The van der Waals surface area contributed by atoms with Crippen molar-refractivity contribution < 1.29 is 26.3 Å². The molecule has 0 unspecified atom stereocenters. The van der Waals surface area contributed by atoms with Gasteiger partial charge in [-0.05, 0) is 65.2 Å². The van der Waals surface area contributed by atoms with E-state index in [4.69, 9.17) is 15.0 Å². The monoisotopic (exact) mass is 787 g/mol. The molecule has 0 aliphatic heterocycles. The lowest BCUT2D eigenvalue weighted by Gasteiger charge is -2.19. The number of alkyl halides is 6. The second-order valence-electron chi connectivity index (χ2n) is 13.8. The molecule has 0 N–H and O–H groups in total. The maximum atomic E-state index is 14.3. The van der Waals surface area contributed by atoms with Gasteiger partial charge in [-0.3, -0.25) is 0 Å². The molecule has 0 aliphatic carbocycles. The molecule has 5 nitrogen and oxygen atoms in total. The maximum Gasteiger partial charge on any atom is 0.416 e. The number of hydrogen-bond donors (Lipinski definition) is 0. The first-order valence-electron chi connectivity index (χ1n) is 18.3. The van der Waals surface area contributed by atoms with Gasteiger partial charge in [0.1, 0.15) is 0 Å². The number of rotatable bonds is 6. The topological polar surface area (TPSA) is 67.4 Å². The lowest BCUT2D eigenvalue weighted by molar-refractivity contribution is -0.143. The van der Waals surface area contributed by atoms with Gasteiger partial charge >= 0.3 is 12.4 Å².